The Labute approximate surface area is 147 Å². The van der Waals surface area contributed by atoms with Crippen LogP contribution < -0.4 is 10.2 Å². The first-order valence-electron chi connectivity index (χ1n) is 8.91. The average molecular weight is 337 g/mol. The van der Waals surface area contributed by atoms with Crippen LogP contribution in [-0.2, 0) is 4.79 Å². The topological polar surface area (TPSA) is 65.5 Å². The summed E-state index contributed by atoms with van der Waals surface area (Å²) in [6.07, 6.45) is 4.30. The molecule has 2 N–H and O–H groups in total. The van der Waals surface area contributed by atoms with E-state index in [0.29, 0.717) is 12.4 Å². The summed E-state index contributed by atoms with van der Waals surface area (Å²) in [5.74, 6) is 0.852. The molecule has 2 aromatic rings. The van der Waals surface area contributed by atoms with E-state index in [9.17, 15) is 9.90 Å². The second-order valence-corrected chi connectivity index (χ2v) is 7.08. The number of carbonyl (C=O) groups excluding carboxylic acids is 1. The first kappa shape index (κ1) is 16.1. The number of pyridine rings is 1. The predicted molar refractivity (Wildman–Crippen MR) is 98.6 cm³/mol. The van der Waals surface area contributed by atoms with Gasteiger partial charge in [-0.15, -0.1) is 0 Å². The highest BCUT2D eigenvalue weighted by atomic mass is 16.3. The Morgan fingerprint density at radius 1 is 1.20 bits per heavy atom. The van der Waals surface area contributed by atoms with Gasteiger partial charge in [-0.1, -0.05) is 6.07 Å². The second kappa shape index (κ2) is 6.48. The minimum atomic E-state index is -0.225. The molecule has 25 heavy (non-hydrogen) atoms. The van der Waals surface area contributed by atoms with Crippen LogP contribution in [0.25, 0.3) is 11.1 Å². The molecule has 1 saturated carbocycles. The lowest BCUT2D eigenvalue weighted by molar-refractivity contribution is -0.117. The largest absolute Gasteiger partial charge is 0.391 e. The third kappa shape index (κ3) is 3.51. The highest BCUT2D eigenvalue weighted by Crippen LogP contribution is 2.32. The Bertz CT molecular complexity index is 801. The van der Waals surface area contributed by atoms with Crippen molar-refractivity contribution in [2.75, 3.05) is 23.3 Å². The zero-order valence-electron chi connectivity index (χ0n) is 14.4. The SMILES string of the molecule is Cc1cc(-c2ccnc(NC(=O)C3CC3)c2)ccc1N1CC[C@@H](O)C1. The molecule has 1 amide bonds. The third-order valence-electron chi connectivity index (χ3n) is 4.99. The summed E-state index contributed by atoms with van der Waals surface area (Å²) in [7, 11) is 0. The lowest BCUT2D eigenvalue weighted by atomic mass is 10.0. The molecule has 2 aliphatic rings. The average Bonchev–Trinajstić information content (AvgIpc) is 3.37. The summed E-state index contributed by atoms with van der Waals surface area (Å²) in [6.45, 7) is 3.70. The number of hydrogen-bond donors (Lipinski definition) is 2. The van der Waals surface area contributed by atoms with Gasteiger partial charge in [-0.3, -0.25) is 4.79 Å². The number of nitrogens with one attached hydrogen (secondary N) is 1. The molecule has 1 aromatic carbocycles. The number of anilines is 2. The van der Waals surface area contributed by atoms with Crippen LogP contribution in [0.2, 0.25) is 0 Å². The smallest absolute Gasteiger partial charge is 0.228 e. The maximum absolute atomic E-state index is 11.9. The standard InChI is InChI=1S/C20H23N3O2/c1-13-10-15(4-5-18(13)23-9-7-17(24)12-23)16-6-8-21-19(11-16)22-20(25)14-2-3-14/h4-6,8,10-11,14,17,24H,2-3,7,9,12H2,1H3,(H,21,22,25)/t17-/m1/s1. The van der Waals surface area contributed by atoms with E-state index >= 15 is 0 Å². The lowest BCUT2D eigenvalue weighted by Crippen LogP contribution is -2.21. The lowest BCUT2D eigenvalue weighted by Gasteiger charge is -2.21. The summed E-state index contributed by atoms with van der Waals surface area (Å²) in [6, 6.07) is 10.2. The molecule has 5 heteroatoms. The van der Waals surface area contributed by atoms with Crippen molar-refractivity contribution < 1.29 is 9.90 Å². The molecule has 4 rings (SSSR count). The van der Waals surface area contributed by atoms with E-state index < -0.39 is 0 Å². The Morgan fingerprint density at radius 3 is 2.68 bits per heavy atom. The van der Waals surface area contributed by atoms with Crippen LogP contribution in [0.15, 0.2) is 36.5 Å². The Balaban J connectivity index is 1.55. The maximum atomic E-state index is 11.9. The Kier molecular flexibility index (Phi) is 4.17. The molecular weight excluding hydrogens is 314 g/mol. The molecule has 1 aliphatic carbocycles. The highest BCUT2D eigenvalue weighted by Gasteiger charge is 2.29. The van der Waals surface area contributed by atoms with E-state index in [-0.39, 0.29) is 17.9 Å². The van der Waals surface area contributed by atoms with Gasteiger partial charge in [0.25, 0.3) is 0 Å². The van der Waals surface area contributed by atoms with E-state index in [1.165, 1.54) is 11.3 Å². The van der Waals surface area contributed by atoms with Gasteiger partial charge in [0.05, 0.1) is 6.10 Å². The molecule has 2 heterocycles. The second-order valence-electron chi connectivity index (χ2n) is 7.08. The first-order valence-corrected chi connectivity index (χ1v) is 8.91. The van der Waals surface area contributed by atoms with Crippen molar-refractivity contribution in [1.29, 1.82) is 0 Å². The van der Waals surface area contributed by atoms with Crippen LogP contribution >= 0.6 is 0 Å². The third-order valence-corrected chi connectivity index (χ3v) is 4.99. The van der Waals surface area contributed by atoms with Crippen molar-refractivity contribution in [2.24, 2.45) is 5.92 Å². The molecule has 0 radical (unpaired) electrons. The number of hydrogen-bond acceptors (Lipinski definition) is 4. The summed E-state index contributed by atoms with van der Waals surface area (Å²) in [5.41, 5.74) is 4.51. The van der Waals surface area contributed by atoms with Gasteiger partial charge in [0.15, 0.2) is 0 Å². The van der Waals surface area contributed by atoms with Gasteiger partial charge in [-0.25, -0.2) is 4.98 Å². The van der Waals surface area contributed by atoms with Gasteiger partial charge in [-0.2, -0.15) is 0 Å². The zero-order valence-corrected chi connectivity index (χ0v) is 14.4. The van der Waals surface area contributed by atoms with E-state index in [2.05, 4.69) is 40.3 Å². The monoisotopic (exact) mass is 337 g/mol. The van der Waals surface area contributed by atoms with Gasteiger partial charge in [-0.05, 0) is 67.1 Å². The van der Waals surface area contributed by atoms with E-state index in [1.807, 2.05) is 12.1 Å². The van der Waals surface area contributed by atoms with Crippen molar-refractivity contribution in [2.45, 2.75) is 32.3 Å². The molecule has 2 fully saturated rings. The fraction of sp³-hybridized carbons (Fsp3) is 0.400. The van der Waals surface area contributed by atoms with Crippen LogP contribution in [0.1, 0.15) is 24.8 Å². The number of carbonyl (C=O) groups is 1. The molecule has 0 spiro atoms. The van der Waals surface area contributed by atoms with E-state index in [0.717, 1.165) is 36.9 Å². The maximum Gasteiger partial charge on any atom is 0.228 e. The highest BCUT2D eigenvalue weighted by molar-refractivity contribution is 5.93. The number of aryl methyl sites for hydroxylation is 1. The molecule has 1 atom stereocenters. The molecule has 1 saturated heterocycles. The molecule has 1 aromatic heterocycles. The Hall–Kier alpha value is -2.40. The number of β-amino-alcohol motifs (C(OH)–C–C–N with tert-alkyl or cyclic N) is 1. The number of rotatable bonds is 4. The van der Waals surface area contributed by atoms with Gasteiger partial charge in [0, 0.05) is 30.9 Å². The van der Waals surface area contributed by atoms with Gasteiger partial charge >= 0.3 is 0 Å². The predicted octanol–water partition coefficient (Wildman–Crippen LogP) is 2.98. The molecule has 1 aliphatic heterocycles. The fourth-order valence-electron chi connectivity index (χ4n) is 3.40. The summed E-state index contributed by atoms with van der Waals surface area (Å²) >= 11 is 0. The van der Waals surface area contributed by atoms with E-state index in [1.54, 1.807) is 6.20 Å². The quantitative estimate of drug-likeness (QED) is 0.900. The number of aliphatic hydroxyl groups excluding tert-OH is 1. The molecule has 5 nitrogen and oxygen atoms in total. The number of nitrogens with zero attached hydrogens (tertiary/aromatic N) is 2. The Morgan fingerprint density at radius 2 is 2.00 bits per heavy atom. The summed E-state index contributed by atoms with van der Waals surface area (Å²) in [5, 5.41) is 12.7. The van der Waals surface area contributed by atoms with E-state index in [4.69, 9.17) is 0 Å². The number of benzene rings is 1. The molecule has 0 bridgehead atoms. The number of aliphatic hydroxyl groups is 1. The van der Waals surface area contributed by atoms with Crippen molar-refractivity contribution in [3.63, 3.8) is 0 Å². The first-order chi connectivity index (χ1) is 12.1. The zero-order chi connectivity index (χ0) is 17.4. The number of amides is 1. The normalized spacial score (nSPS) is 19.9. The van der Waals surface area contributed by atoms with Crippen LogP contribution in [-0.4, -0.2) is 35.2 Å². The minimum absolute atomic E-state index is 0.0729. The summed E-state index contributed by atoms with van der Waals surface area (Å²) < 4.78 is 0. The van der Waals surface area contributed by atoms with Crippen molar-refractivity contribution in [3.05, 3.63) is 42.1 Å². The van der Waals surface area contributed by atoms with Crippen molar-refractivity contribution >= 4 is 17.4 Å². The summed E-state index contributed by atoms with van der Waals surface area (Å²) in [4.78, 5) is 18.4. The van der Waals surface area contributed by atoms with Crippen LogP contribution in [0.3, 0.4) is 0 Å². The van der Waals surface area contributed by atoms with Crippen molar-refractivity contribution in [3.8, 4) is 11.1 Å². The van der Waals surface area contributed by atoms with Crippen LogP contribution in [0.5, 0.6) is 0 Å². The number of aromatic nitrogens is 1. The van der Waals surface area contributed by atoms with Gasteiger partial charge in [0.2, 0.25) is 5.91 Å². The fourth-order valence-corrected chi connectivity index (χ4v) is 3.40. The molecular formula is C20H23N3O2. The van der Waals surface area contributed by atoms with Crippen LogP contribution in [0.4, 0.5) is 11.5 Å². The van der Waals surface area contributed by atoms with Gasteiger partial charge in [0.1, 0.15) is 5.82 Å². The molecule has 130 valence electrons. The minimum Gasteiger partial charge on any atom is -0.391 e. The van der Waals surface area contributed by atoms with Gasteiger partial charge < -0.3 is 15.3 Å². The molecule has 0 unspecified atom stereocenters. The van der Waals surface area contributed by atoms with Crippen LogP contribution in [0, 0.1) is 12.8 Å². The van der Waals surface area contributed by atoms with Crippen molar-refractivity contribution in [1.82, 2.24) is 4.98 Å².